The largest absolute Gasteiger partial charge is 0.482 e. The minimum Gasteiger partial charge on any atom is -0.482 e. The van der Waals surface area contributed by atoms with Gasteiger partial charge in [-0.1, -0.05) is 25.1 Å². The molecule has 1 aromatic carbocycles. The van der Waals surface area contributed by atoms with Crippen molar-refractivity contribution in [3.05, 3.63) is 57.8 Å². The fourth-order valence-electron chi connectivity index (χ4n) is 2.20. The van der Waals surface area contributed by atoms with E-state index in [1.807, 2.05) is 31.2 Å². The monoisotopic (exact) mass is 242 g/mol. The molecule has 1 N–H and O–H groups in total. The van der Waals surface area contributed by atoms with Gasteiger partial charge in [0, 0.05) is 18.2 Å². The Morgan fingerprint density at radius 3 is 3.06 bits per heavy atom. The summed E-state index contributed by atoms with van der Waals surface area (Å²) in [5, 5.41) is 0. The van der Waals surface area contributed by atoms with Crippen LogP contribution in [0.3, 0.4) is 0 Å². The van der Waals surface area contributed by atoms with Crippen LogP contribution in [0.2, 0.25) is 0 Å². The van der Waals surface area contributed by atoms with Crippen molar-refractivity contribution < 1.29 is 4.74 Å². The average Bonchev–Trinajstić information content (AvgIpc) is 2.81. The second kappa shape index (κ2) is 4.29. The molecule has 0 spiro atoms. The van der Waals surface area contributed by atoms with Crippen molar-refractivity contribution in [1.29, 1.82) is 0 Å². The van der Waals surface area contributed by atoms with Crippen LogP contribution >= 0.6 is 0 Å². The van der Waals surface area contributed by atoms with Gasteiger partial charge in [-0.2, -0.15) is 0 Å². The van der Waals surface area contributed by atoms with Gasteiger partial charge in [0.05, 0.1) is 0 Å². The van der Waals surface area contributed by atoms with Gasteiger partial charge in [0.25, 0.3) is 5.56 Å². The van der Waals surface area contributed by atoms with Crippen LogP contribution in [0.4, 0.5) is 0 Å². The molecule has 0 bridgehead atoms. The first-order valence-corrected chi connectivity index (χ1v) is 6.11. The summed E-state index contributed by atoms with van der Waals surface area (Å²) < 4.78 is 5.81. The van der Waals surface area contributed by atoms with Gasteiger partial charge in [-0.25, -0.2) is 4.98 Å². The molecule has 4 heteroatoms. The number of H-pyrrole nitrogens is 1. The summed E-state index contributed by atoms with van der Waals surface area (Å²) in [5.41, 5.74) is 1.84. The Bertz CT molecular complexity index is 609. The molecule has 2 aromatic rings. The van der Waals surface area contributed by atoms with Crippen molar-refractivity contribution in [2.24, 2.45) is 0 Å². The van der Waals surface area contributed by atoms with E-state index in [1.54, 1.807) is 0 Å². The Morgan fingerprint density at radius 2 is 2.28 bits per heavy atom. The van der Waals surface area contributed by atoms with Crippen LogP contribution in [0.15, 0.2) is 35.1 Å². The first kappa shape index (κ1) is 11.0. The van der Waals surface area contributed by atoms with Gasteiger partial charge in [-0.15, -0.1) is 0 Å². The summed E-state index contributed by atoms with van der Waals surface area (Å²) >= 11 is 0. The molecule has 1 unspecified atom stereocenters. The van der Waals surface area contributed by atoms with Gasteiger partial charge in [-0.05, 0) is 18.1 Å². The SMILES string of the molecule is CCc1cc(=O)[nH]c(C2Cc3ccccc3O2)n1. The lowest BCUT2D eigenvalue weighted by atomic mass is 10.1. The number of ether oxygens (including phenoxy) is 1. The number of nitrogens with one attached hydrogen (secondary N) is 1. The van der Waals surface area contributed by atoms with Crippen molar-refractivity contribution in [3.63, 3.8) is 0 Å². The molecule has 3 rings (SSSR count). The number of nitrogens with zero attached hydrogens (tertiary/aromatic N) is 1. The third-order valence-corrected chi connectivity index (χ3v) is 3.13. The van der Waals surface area contributed by atoms with Crippen LogP contribution in [0.1, 0.15) is 30.1 Å². The van der Waals surface area contributed by atoms with Crippen molar-refractivity contribution in [3.8, 4) is 5.75 Å². The fourth-order valence-corrected chi connectivity index (χ4v) is 2.20. The highest BCUT2D eigenvalue weighted by Gasteiger charge is 2.25. The average molecular weight is 242 g/mol. The normalized spacial score (nSPS) is 17.3. The first-order chi connectivity index (χ1) is 8.76. The maximum Gasteiger partial charge on any atom is 0.251 e. The number of fused-ring (bicyclic) bond motifs is 1. The third kappa shape index (κ3) is 1.90. The molecule has 0 saturated carbocycles. The van der Waals surface area contributed by atoms with E-state index >= 15 is 0 Å². The van der Waals surface area contributed by atoms with Crippen LogP contribution in [0, 0.1) is 0 Å². The predicted molar refractivity (Wildman–Crippen MR) is 67.8 cm³/mol. The van der Waals surface area contributed by atoms with Gasteiger partial charge in [-0.3, -0.25) is 4.79 Å². The molecular weight excluding hydrogens is 228 g/mol. The maximum atomic E-state index is 11.5. The van der Waals surface area contributed by atoms with E-state index in [-0.39, 0.29) is 11.7 Å². The number of aromatic nitrogens is 2. The molecule has 1 aliphatic rings. The van der Waals surface area contributed by atoms with Crippen molar-refractivity contribution in [2.75, 3.05) is 0 Å². The van der Waals surface area contributed by atoms with E-state index in [2.05, 4.69) is 9.97 Å². The van der Waals surface area contributed by atoms with E-state index in [1.165, 1.54) is 6.07 Å². The van der Waals surface area contributed by atoms with Gasteiger partial charge < -0.3 is 9.72 Å². The Balaban J connectivity index is 1.95. The standard InChI is InChI=1S/C14H14N2O2/c1-2-10-8-13(17)16-14(15-10)12-7-9-5-3-4-6-11(9)18-12/h3-6,8,12H,2,7H2,1H3,(H,15,16,17). The molecule has 0 fully saturated rings. The smallest absolute Gasteiger partial charge is 0.251 e. The Kier molecular flexibility index (Phi) is 2.63. The number of aryl methyl sites for hydroxylation is 1. The molecule has 0 aliphatic carbocycles. The molecule has 4 nitrogen and oxygen atoms in total. The predicted octanol–water partition coefficient (Wildman–Crippen LogP) is 2.01. The molecule has 0 saturated heterocycles. The molecule has 1 aliphatic heterocycles. The van der Waals surface area contributed by atoms with E-state index < -0.39 is 0 Å². The Morgan fingerprint density at radius 1 is 1.44 bits per heavy atom. The lowest BCUT2D eigenvalue weighted by Crippen LogP contribution is -2.17. The molecular formula is C14H14N2O2. The zero-order valence-corrected chi connectivity index (χ0v) is 10.1. The van der Waals surface area contributed by atoms with Gasteiger partial charge >= 0.3 is 0 Å². The van der Waals surface area contributed by atoms with Gasteiger partial charge in [0.1, 0.15) is 5.75 Å². The Hall–Kier alpha value is -2.10. The first-order valence-electron chi connectivity index (χ1n) is 6.11. The Labute approximate surface area is 105 Å². The van der Waals surface area contributed by atoms with Crippen molar-refractivity contribution in [2.45, 2.75) is 25.9 Å². The van der Waals surface area contributed by atoms with Crippen LogP contribution in [-0.2, 0) is 12.8 Å². The minimum atomic E-state index is -0.179. The van der Waals surface area contributed by atoms with Gasteiger partial charge in [0.2, 0.25) is 0 Å². The fraction of sp³-hybridized carbons (Fsp3) is 0.286. The number of para-hydroxylation sites is 1. The van der Waals surface area contributed by atoms with E-state index in [9.17, 15) is 4.79 Å². The number of hydrogen-bond donors (Lipinski definition) is 1. The van der Waals surface area contributed by atoms with Gasteiger partial charge in [0.15, 0.2) is 11.9 Å². The second-order valence-electron chi connectivity index (χ2n) is 4.39. The number of rotatable bonds is 2. The topological polar surface area (TPSA) is 55.0 Å². The minimum absolute atomic E-state index is 0.114. The summed E-state index contributed by atoms with van der Waals surface area (Å²) in [7, 11) is 0. The molecule has 18 heavy (non-hydrogen) atoms. The van der Waals surface area contributed by atoms with Crippen molar-refractivity contribution >= 4 is 0 Å². The summed E-state index contributed by atoms with van der Waals surface area (Å²) in [4.78, 5) is 18.8. The van der Waals surface area contributed by atoms with Crippen LogP contribution in [0.5, 0.6) is 5.75 Å². The van der Waals surface area contributed by atoms with Crippen molar-refractivity contribution in [1.82, 2.24) is 9.97 Å². The highest BCUT2D eigenvalue weighted by atomic mass is 16.5. The summed E-state index contributed by atoms with van der Waals surface area (Å²) in [5.74, 6) is 1.50. The van der Waals surface area contributed by atoms with E-state index in [0.29, 0.717) is 5.82 Å². The molecule has 1 aromatic heterocycles. The summed E-state index contributed by atoms with van der Waals surface area (Å²) in [6, 6.07) is 9.45. The number of benzene rings is 1. The highest BCUT2D eigenvalue weighted by Crippen LogP contribution is 2.34. The molecule has 0 radical (unpaired) electrons. The lowest BCUT2D eigenvalue weighted by molar-refractivity contribution is 0.226. The summed E-state index contributed by atoms with van der Waals surface area (Å²) in [6.07, 6.45) is 1.32. The van der Waals surface area contributed by atoms with E-state index in [4.69, 9.17) is 4.74 Å². The molecule has 1 atom stereocenters. The zero-order valence-electron chi connectivity index (χ0n) is 10.1. The molecule has 92 valence electrons. The number of aromatic amines is 1. The highest BCUT2D eigenvalue weighted by molar-refractivity contribution is 5.38. The molecule has 2 heterocycles. The second-order valence-corrected chi connectivity index (χ2v) is 4.39. The van der Waals surface area contributed by atoms with E-state index in [0.717, 1.165) is 29.8 Å². The zero-order chi connectivity index (χ0) is 12.5. The number of hydrogen-bond acceptors (Lipinski definition) is 3. The third-order valence-electron chi connectivity index (χ3n) is 3.13. The lowest BCUT2D eigenvalue weighted by Gasteiger charge is -2.10. The summed E-state index contributed by atoms with van der Waals surface area (Å²) in [6.45, 7) is 1.98. The quantitative estimate of drug-likeness (QED) is 0.876. The van der Waals surface area contributed by atoms with Crippen LogP contribution in [-0.4, -0.2) is 9.97 Å². The van der Waals surface area contributed by atoms with Crippen LogP contribution in [0.25, 0.3) is 0 Å². The maximum absolute atomic E-state index is 11.5. The molecule has 0 amide bonds. The van der Waals surface area contributed by atoms with Crippen LogP contribution < -0.4 is 10.3 Å².